The lowest BCUT2D eigenvalue weighted by atomic mass is 10.2. The molecule has 2 heteroatoms. The molecule has 0 aliphatic carbocycles. The van der Waals surface area contributed by atoms with E-state index in [0.717, 1.165) is 0 Å². The SMILES string of the molecule is [2H]c1c([2H])c(CBr)c([2H])c([2H])c1Br. The number of hydrogen-bond acceptors (Lipinski definition) is 0. The van der Waals surface area contributed by atoms with E-state index in [1.807, 2.05) is 0 Å². The maximum atomic E-state index is 7.52. The van der Waals surface area contributed by atoms with E-state index in [1.165, 1.54) is 0 Å². The molecular weight excluding hydrogens is 244 g/mol. The first-order valence-corrected chi connectivity index (χ1v) is 4.22. The van der Waals surface area contributed by atoms with Crippen molar-refractivity contribution in [3.05, 3.63) is 34.2 Å². The summed E-state index contributed by atoms with van der Waals surface area (Å²) in [6.07, 6.45) is 0. The largest absolute Gasteiger partial charge is 0.0876 e. The first-order valence-electron chi connectivity index (χ1n) is 4.31. The van der Waals surface area contributed by atoms with Crippen LogP contribution in [0.15, 0.2) is 28.6 Å². The minimum absolute atomic E-state index is 0.00440. The highest BCUT2D eigenvalue weighted by atomic mass is 79.9. The molecule has 0 fully saturated rings. The highest BCUT2D eigenvalue weighted by molar-refractivity contribution is 9.10. The van der Waals surface area contributed by atoms with Crippen molar-refractivity contribution in [2.45, 2.75) is 5.33 Å². The van der Waals surface area contributed by atoms with Crippen molar-refractivity contribution in [3.63, 3.8) is 0 Å². The van der Waals surface area contributed by atoms with Gasteiger partial charge in [0.1, 0.15) is 0 Å². The molecular formula is C7H6Br2. The normalized spacial score (nSPS) is 15.8. The smallest absolute Gasteiger partial charge is 0.0635 e. The van der Waals surface area contributed by atoms with Gasteiger partial charge in [-0.15, -0.1) is 0 Å². The highest BCUT2D eigenvalue weighted by Crippen LogP contribution is 2.11. The van der Waals surface area contributed by atoms with Gasteiger partial charge in [0.2, 0.25) is 0 Å². The molecule has 0 heterocycles. The van der Waals surface area contributed by atoms with Crippen LogP contribution in [0.5, 0.6) is 0 Å². The molecule has 48 valence electrons. The van der Waals surface area contributed by atoms with Gasteiger partial charge in [0.15, 0.2) is 0 Å². The second-order valence-corrected chi connectivity index (χ2v) is 2.78. The van der Waals surface area contributed by atoms with Crippen LogP contribution in [0.1, 0.15) is 11.0 Å². The van der Waals surface area contributed by atoms with Crippen molar-refractivity contribution in [1.82, 2.24) is 0 Å². The summed E-state index contributed by atoms with van der Waals surface area (Å²) < 4.78 is 30.2. The molecule has 9 heavy (non-hydrogen) atoms. The predicted molar refractivity (Wildman–Crippen MR) is 46.8 cm³/mol. The van der Waals surface area contributed by atoms with Crippen LogP contribution in [-0.2, 0) is 5.33 Å². The van der Waals surface area contributed by atoms with Crippen LogP contribution in [0, 0.1) is 0 Å². The topological polar surface area (TPSA) is 0 Å². The Morgan fingerprint density at radius 2 is 1.89 bits per heavy atom. The van der Waals surface area contributed by atoms with E-state index in [-0.39, 0.29) is 28.6 Å². The lowest BCUT2D eigenvalue weighted by Gasteiger charge is -1.92. The zero-order valence-corrected chi connectivity index (χ0v) is 7.64. The Morgan fingerprint density at radius 1 is 1.33 bits per heavy atom. The Morgan fingerprint density at radius 3 is 2.33 bits per heavy atom. The standard InChI is InChI=1S/C7H6Br2/c8-5-6-1-3-7(9)4-2-6/h1-4H,5H2/i1D,2D,3D,4D. The van der Waals surface area contributed by atoms with Gasteiger partial charge >= 0.3 is 0 Å². The number of alkyl halides is 1. The second-order valence-electron chi connectivity index (χ2n) is 1.43. The molecule has 1 aromatic carbocycles. The maximum Gasteiger partial charge on any atom is 0.0635 e. The van der Waals surface area contributed by atoms with Gasteiger partial charge in [0.25, 0.3) is 0 Å². The monoisotopic (exact) mass is 252 g/mol. The summed E-state index contributed by atoms with van der Waals surface area (Å²) in [5.74, 6) is 0. The number of hydrogen-bond donors (Lipinski definition) is 0. The van der Waals surface area contributed by atoms with Crippen LogP contribution in [0.3, 0.4) is 0 Å². The lowest BCUT2D eigenvalue weighted by molar-refractivity contribution is 1.43. The maximum absolute atomic E-state index is 7.52. The van der Waals surface area contributed by atoms with Gasteiger partial charge in [-0.2, -0.15) is 0 Å². The third-order valence-corrected chi connectivity index (χ3v) is 1.74. The first-order chi connectivity index (χ1) is 6.00. The molecule has 0 saturated heterocycles. The molecule has 0 radical (unpaired) electrons. The molecule has 0 saturated carbocycles. The van der Waals surface area contributed by atoms with Crippen molar-refractivity contribution >= 4 is 31.9 Å². The van der Waals surface area contributed by atoms with Gasteiger partial charge in [-0.05, 0) is 17.6 Å². The molecule has 0 aliphatic rings. The van der Waals surface area contributed by atoms with Gasteiger partial charge in [-0.1, -0.05) is 43.9 Å². The molecule has 1 aromatic rings. The van der Waals surface area contributed by atoms with Crippen molar-refractivity contribution in [2.75, 3.05) is 0 Å². The summed E-state index contributed by atoms with van der Waals surface area (Å²) in [5, 5.41) is 0.329. The minimum atomic E-state index is -0.0320. The summed E-state index contributed by atoms with van der Waals surface area (Å²) in [6, 6.07) is -0.0552. The van der Waals surface area contributed by atoms with Gasteiger partial charge in [0.05, 0.1) is 5.48 Å². The third kappa shape index (κ3) is 2.11. The Bertz CT molecular complexity index is 322. The average Bonchev–Trinajstić information content (AvgIpc) is 2.13. The van der Waals surface area contributed by atoms with E-state index in [0.29, 0.717) is 10.9 Å². The fraction of sp³-hybridized carbons (Fsp3) is 0.143. The number of halogens is 2. The van der Waals surface area contributed by atoms with E-state index in [4.69, 9.17) is 5.48 Å². The van der Waals surface area contributed by atoms with Crippen molar-refractivity contribution < 1.29 is 5.48 Å². The van der Waals surface area contributed by atoms with Gasteiger partial charge < -0.3 is 0 Å². The lowest BCUT2D eigenvalue weighted by Crippen LogP contribution is -1.73. The summed E-state index contributed by atoms with van der Waals surface area (Å²) >= 11 is 6.14. The Balaban J connectivity index is 3.56. The predicted octanol–water partition coefficient (Wildman–Crippen LogP) is 3.34. The van der Waals surface area contributed by atoms with Crippen molar-refractivity contribution in [1.29, 1.82) is 0 Å². The molecule has 0 N–H and O–H groups in total. The Labute approximate surface area is 77.2 Å². The van der Waals surface area contributed by atoms with Crippen LogP contribution in [-0.4, -0.2) is 0 Å². The zero-order chi connectivity index (χ0) is 10.2. The molecule has 1 rings (SSSR count). The summed E-state index contributed by atoms with van der Waals surface area (Å²) in [4.78, 5) is 0. The summed E-state index contributed by atoms with van der Waals surface area (Å²) in [7, 11) is 0. The molecule has 0 atom stereocenters. The van der Waals surface area contributed by atoms with E-state index in [9.17, 15) is 0 Å². The molecule has 0 bridgehead atoms. The van der Waals surface area contributed by atoms with E-state index >= 15 is 0 Å². The minimum Gasteiger partial charge on any atom is -0.0876 e. The molecule has 0 nitrogen and oxygen atoms in total. The quantitative estimate of drug-likeness (QED) is 0.674. The number of benzene rings is 1. The molecule has 0 unspecified atom stereocenters. The average molecular weight is 254 g/mol. The fourth-order valence-corrected chi connectivity index (χ4v) is 0.869. The van der Waals surface area contributed by atoms with Crippen molar-refractivity contribution in [3.8, 4) is 0 Å². The van der Waals surface area contributed by atoms with Crippen molar-refractivity contribution in [2.24, 2.45) is 0 Å². The Kier molecular flexibility index (Phi) is 1.33. The second kappa shape index (κ2) is 3.37. The van der Waals surface area contributed by atoms with Crippen LogP contribution < -0.4 is 0 Å². The van der Waals surface area contributed by atoms with Crippen LogP contribution in [0.25, 0.3) is 0 Å². The molecule has 0 spiro atoms. The summed E-state index contributed by atoms with van der Waals surface area (Å²) in [6.45, 7) is 0. The first kappa shape index (κ1) is 3.54. The van der Waals surface area contributed by atoms with Crippen LogP contribution >= 0.6 is 31.9 Å². The summed E-state index contributed by atoms with van der Waals surface area (Å²) in [5.41, 5.74) is 0.387. The van der Waals surface area contributed by atoms with Gasteiger partial charge in [-0.3, -0.25) is 0 Å². The Hall–Kier alpha value is 0.180. The van der Waals surface area contributed by atoms with Crippen LogP contribution in [0.2, 0.25) is 0 Å². The molecule has 0 amide bonds. The highest BCUT2D eigenvalue weighted by Gasteiger charge is 1.86. The van der Waals surface area contributed by atoms with Gasteiger partial charge in [0, 0.05) is 9.80 Å². The zero-order valence-electron chi connectivity index (χ0n) is 8.46. The van der Waals surface area contributed by atoms with Gasteiger partial charge in [-0.25, -0.2) is 0 Å². The number of rotatable bonds is 1. The fourth-order valence-electron chi connectivity index (χ4n) is 0.390. The van der Waals surface area contributed by atoms with E-state index < -0.39 is 0 Å². The van der Waals surface area contributed by atoms with Crippen LogP contribution in [0.4, 0.5) is 0 Å². The third-order valence-electron chi connectivity index (χ3n) is 0.780. The van der Waals surface area contributed by atoms with E-state index in [2.05, 4.69) is 31.9 Å². The molecule has 0 aromatic heterocycles. The molecule has 0 aliphatic heterocycles. The van der Waals surface area contributed by atoms with E-state index in [1.54, 1.807) is 0 Å².